The predicted molar refractivity (Wildman–Crippen MR) is 53.6 cm³/mol. The molecule has 0 fully saturated rings. The maximum absolute atomic E-state index is 11.3. The number of nitrogens with one attached hydrogen (secondary N) is 1. The second-order valence-electron chi connectivity index (χ2n) is 3.49. The van der Waals surface area contributed by atoms with Crippen LogP contribution in [0.15, 0.2) is 18.3 Å². The van der Waals surface area contributed by atoms with E-state index in [2.05, 4.69) is 10.3 Å². The van der Waals surface area contributed by atoms with Crippen molar-refractivity contribution in [2.45, 2.75) is 19.4 Å². The largest absolute Gasteiger partial charge is 0.399 e. The van der Waals surface area contributed by atoms with Gasteiger partial charge in [-0.2, -0.15) is 0 Å². The van der Waals surface area contributed by atoms with E-state index < -0.39 is 11.5 Å². The van der Waals surface area contributed by atoms with E-state index in [0.29, 0.717) is 11.5 Å². The third-order valence-corrected chi connectivity index (χ3v) is 1.58. The van der Waals surface area contributed by atoms with Gasteiger partial charge < -0.3 is 16.2 Å². The quantitative estimate of drug-likeness (QED) is 0.636. The monoisotopic (exact) mass is 195 g/mol. The van der Waals surface area contributed by atoms with Gasteiger partial charge in [-0.1, -0.05) is 0 Å². The lowest BCUT2D eigenvalue weighted by atomic mass is 10.1. The van der Waals surface area contributed by atoms with Gasteiger partial charge in [-0.15, -0.1) is 0 Å². The van der Waals surface area contributed by atoms with E-state index in [4.69, 9.17) is 5.73 Å². The molecule has 1 aromatic heterocycles. The molecule has 0 aromatic carbocycles. The fourth-order valence-electron chi connectivity index (χ4n) is 0.785. The Morgan fingerprint density at radius 1 is 1.64 bits per heavy atom. The lowest BCUT2D eigenvalue weighted by Crippen LogP contribution is -2.36. The number of nitrogen functional groups attached to an aromatic ring is 1. The number of amides is 1. The van der Waals surface area contributed by atoms with Crippen LogP contribution in [0.5, 0.6) is 0 Å². The van der Waals surface area contributed by atoms with Crippen molar-refractivity contribution in [1.82, 2.24) is 4.98 Å². The van der Waals surface area contributed by atoms with Crippen molar-refractivity contribution in [3.05, 3.63) is 18.3 Å². The first-order chi connectivity index (χ1) is 6.39. The third-order valence-electron chi connectivity index (χ3n) is 1.58. The molecule has 0 spiro atoms. The van der Waals surface area contributed by atoms with Crippen LogP contribution in [0.25, 0.3) is 0 Å². The van der Waals surface area contributed by atoms with E-state index in [1.54, 1.807) is 6.07 Å². The van der Waals surface area contributed by atoms with Crippen LogP contribution in [0.1, 0.15) is 13.8 Å². The van der Waals surface area contributed by atoms with Gasteiger partial charge >= 0.3 is 0 Å². The molecule has 1 heterocycles. The Morgan fingerprint density at radius 2 is 2.29 bits per heavy atom. The molecular weight excluding hydrogens is 182 g/mol. The first-order valence-electron chi connectivity index (χ1n) is 4.15. The predicted octanol–water partition coefficient (Wildman–Crippen LogP) is 0.373. The maximum Gasteiger partial charge on any atom is 0.256 e. The highest BCUT2D eigenvalue weighted by Gasteiger charge is 2.23. The molecular formula is C9H13N3O2. The second-order valence-corrected chi connectivity index (χ2v) is 3.49. The normalized spacial score (nSPS) is 11.1. The molecule has 0 saturated carbocycles. The van der Waals surface area contributed by atoms with Crippen LogP contribution in [0.4, 0.5) is 11.5 Å². The third kappa shape index (κ3) is 2.70. The summed E-state index contributed by atoms with van der Waals surface area (Å²) in [6, 6.07) is 3.13. The zero-order valence-electron chi connectivity index (χ0n) is 8.11. The number of aliphatic hydroxyl groups is 1. The molecule has 76 valence electrons. The molecule has 5 nitrogen and oxygen atoms in total. The van der Waals surface area contributed by atoms with Gasteiger partial charge in [0.25, 0.3) is 5.91 Å². The molecule has 4 N–H and O–H groups in total. The smallest absolute Gasteiger partial charge is 0.256 e. The highest BCUT2D eigenvalue weighted by molar-refractivity contribution is 5.95. The highest BCUT2D eigenvalue weighted by Crippen LogP contribution is 2.10. The Bertz CT molecular complexity index is 344. The summed E-state index contributed by atoms with van der Waals surface area (Å²) in [6.07, 6.45) is 1.48. The lowest BCUT2D eigenvalue weighted by Gasteiger charge is -2.15. The van der Waals surface area contributed by atoms with Gasteiger partial charge in [-0.3, -0.25) is 4.79 Å². The van der Waals surface area contributed by atoms with Crippen molar-refractivity contribution in [2.24, 2.45) is 0 Å². The van der Waals surface area contributed by atoms with E-state index in [9.17, 15) is 9.90 Å². The molecule has 0 bridgehead atoms. The Balaban J connectivity index is 2.75. The Labute approximate surface area is 82.0 Å². The molecule has 14 heavy (non-hydrogen) atoms. The number of aromatic nitrogens is 1. The molecule has 1 aromatic rings. The van der Waals surface area contributed by atoms with Gasteiger partial charge in [0.1, 0.15) is 11.4 Å². The minimum atomic E-state index is -1.42. The average molecular weight is 195 g/mol. The van der Waals surface area contributed by atoms with E-state index in [1.165, 1.54) is 26.1 Å². The van der Waals surface area contributed by atoms with Crippen LogP contribution in [0.3, 0.4) is 0 Å². The number of pyridine rings is 1. The van der Waals surface area contributed by atoms with Crippen molar-refractivity contribution < 1.29 is 9.90 Å². The average Bonchev–Trinajstić information content (AvgIpc) is 2.02. The zero-order valence-corrected chi connectivity index (χ0v) is 8.11. The van der Waals surface area contributed by atoms with E-state index in [0.717, 1.165) is 0 Å². The number of nitrogens with zero attached hydrogens (tertiary/aromatic N) is 1. The number of anilines is 2. The highest BCUT2D eigenvalue weighted by atomic mass is 16.3. The number of hydrogen-bond acceptors (Lipinski definition) is 4. The first kappa shape index (κ1) is 10.5. The number of nitrogens with two attached hydrogens (primary N) is 1. The molecule has 0 saturated heterocycles. The van der Waals surface area contributed by atoms with Crippen molar-refractivity contribution >= 4 is 17.4 Å². The van der Waals surface area contributed by atoms with Crippen molar-refractivity contribution in [3.63, 3.8) is 0 Å². The minimum absolute atomic E-state index is 0.331. The van der Waals surface area contributed by atoms with E-state index >= 15 is 0 Å². The summed E-state index contributed by atoms with van der Waals surface area (Å²) >= 11 is 0. The molecule has 0 radical (unpaired) electrons. The molecule has 1 amide bonds. The molecule has 0 aliphatic heterocycles. The molecule has 0 aliphatic rings. The Hall–Kier alpha value is -1.62. The van der Waals surface area contributed by atoms with Crippen molar-refractivity contribution in [2.75, 3.05) is 11.1 Å². The molecule has 5 heteroatoms. The summed E-state index contributed by atoms with van der Waals surface area (Å²) in [5.41, 5.74) is 4.57. The Morgan fingerprint density at radius 3 is 2.79 bits per heavy atom. The van der Waals surface area contributed by atoms with Gasteiger partial charge in [0.2, 0.25) is 0 Å². The fourth-order valence-corrected chi connectivity index (χ4v) is 0.785. The standard InChI is InChI=1S/C9H13N3O2/c1-9(2,14)8(13)12-7-5-6(10)3-4-11-7/h3-5,14H,1-2H3,(H3,10,11,12,13). The summed E-state index contributed by atoms with van der Waals surface area (Å²) in [5, 5.41) is 11.8. The first-order valence-corrected chi connectivity index (χ1v) is 4.15. The van der Waals surface area contributed by atoms with Crippen LogP contribution in [0.2, 0.25) is 0 Å². The summed E-state index contributed by atoms with van der Waals surface area (Å²) in [5.74, 6) is -0.187. The van der Waals surface area contributed by atoms with Crippen molar-refractivity contribution in [1.29, 1.82) is 0 Å². The van der Waals surface area contributed by atoms with E-state index in [-0.39, 0.29) is 0 Å². The van der Waals surface area contributed by atoms with Crippen LogP contribution >= 0.6 is 0 Å². The Kier molecular flexibility index (Phi) is 2.71. The fraction of sp³-hybridized carbons (Fsp3) is 0.333. The van der Waals surface area contributed by atoms with Gasteiger partial charge in [0, 0.05) is 18.0 Å². The van der Waals surface area contributed by atoms with Crippen LogP contribution in [-0.2, 0) is 4.79 Å². The van der Waals surface area contributed by atoms with E-state index in [1.807, 2.05) is 0 Å². The number of carbonyl (C=O) groups is 1. The minimum Gasteiger partial charge on any atom is -0.399 e. The number of rotatable bonds is 2. The number of carbonyl (C=O) groups excluding carboxylic acids is 1. The SMILES string of the molecule is CC(C)(O)C(=O)Nc1cc(N)ccn1. The van der Waals surface area contributed by atoms with Crippen LogP contribution in [0, 0.1) is 0 Å². The molecule has 1 rings (SSSR count). The van der Waals surface area contributed by atoms with Gasteiger partial charge in [0.05, 0.1) is 0 Å². The molecule has 0 unspecified atom stereocenters. The maximum atomic E-state index is 11.3. The van der Waals surface area contributed by atoms with Crippen LogP contribution < -0.4 is 11.1 Å². The second kappa shape index (κ2) is 3.63. The molecule has 0 aliphatic carbocycles. The van der Waals surface area contributed by atoms with Gasteiger partial charge in [-0.25, -0.2) is 4.98 Å². The lowest BCUT2D eigenvalue weighted by molar-refractivity contribution is -0.130. The topological polar surface area (TPSA) is 88.2 Å². The summed E-state index contributed by atoms with van der Waals surface area (Å²) in [7, 11) is 0. The van der Waals surface area contributed by atoms with Gasteiger partial charge in [0.15, 0.2) is 0 Å². The summed E-state index contributed by atoms with van der Waals surface area (Å²) < 4.78 is 0. The van der Waals surface area contributed by atoms with Crippen molar-refractivity contribution in [3.8, 4) is 0 Å². The number of hydrogen-bond donors (Lipinski definition) is 3. The molecule has 0 atom stereocenters. The summed E-state index contributed by atoms with van der Waals surface area (Å²) in [4.78, 5) is 15.2. The zero-order chi connectivity index (χ0) is 10.8. The van der Waals surface area contributed by atoms with Crippen LogP contribution in [-0.4, -0.2) is 21.6 Å². The van der Waals surface area contributed by atoms with Gasteiger partial charge in [-0.05, 0) is 19.9 Å². The summed E-state index contributed by atoms with van der Waals surface area (Å²) in [6.45, 7) is 2.79.